The molecule has 1 amide bonds. The number of hydrogen-bond donors (Lipinski definition) is 1. The fourth-order valence-electron chi connectivity index (χ4n) is 4.09. The molecule has 1 aliphatic heterocycles. The van der Waals surface area contributed by atoms with E-state index >= 15 is 0 Å². The highest BCUT2D eigenvalue weighted by Gasteiger charge is 2.49. The first-order chi connectivity index (χ1) is 17.6. The van der Waals surface area contributed by atoms with Gasteiger partial charge >= 0.3 is 11.9 Å². The summed E-state index contributed by atoms with van der Waals surface area (Å²) in [5, 5.41) is 22.8. The number of nitro groups is 1. The normalized spacial score (nSPS) is 16.6. The number of ketones is 1. The number of aliphatic hydroxyl groups is 1. The van der Waals surface area contributed by atoms with E-state index in [0.717, 1.165) is 16.2 Å². The van der Waals surface area contributed by atoms with Crippen LogP contribution in [0, 0.1) is 24.0 Å². The summed E-state index contributed by atoms with van der Waals surface area (Å²) in [6.07, 6.45) is 0. The summed E-state index contributed by atoms with van der Waals surface area (Å²) < 4.78 is 9.97. The first kappa shape index (κ1) is 25.5. The number of hydrogen-bond acceptors (Lipinski definition) is 10. The predicted octanol–water partition coefficient (Wildman–Crippen LogP) is 4.09. The topological polar surface area (TPSA) is 149 Å². The SMILES string of the molecule is COC(=O)c1sc(N2C(=O)C(=O)C(=C(O)c3ccc(OC)cc3C)[C@H]2c2cccc([N+](=O)[O-])c2)nc1C. The minimum absolute atomic E-state index is 0.00186. The molecule has 1 atom stereocenters. The molecule has 1 saturated heterocycles. The van der Waals surface area contributed by atoms with E-state index < -0.39 is 34.4 Å². The molecule has 0 spiro atoms. The van der Waals surface area contributed by atoms with Gasteiger partial charge in [0.1, 0.15) is 16.4 Å². The van der Waals surface area contributed by atoms with Gasteiger partial charge in [0.15, 0.2) is 5.13 Å². The van der Waals surface area contributed by atoms with Gasteiger partial charge in [0.05, 0.1) is 36.5 Å². The van der Waals surface area contributed by atoms with Crippen molar-refractivity contribution >= 4 is 45.6 Å². The summed E-state index contributed by atoms with van der Waals surface area (Å²) in [5.74, 6) is -2.61. The Morgan fingerprint density at radius 1 is 1.16 bits per heavy atom. The van der Waals surface area contributed by atoms with Crippen molar-refractivity contribution in [1.82, 2.24) is 4.98 Å². The van der Waals surface area contributed by atoms with E-state index in [1.807, 2.05) is 0 Å². The molecule has 1 N–H and O–H groups in total. The van der Waals surface area contributed by atoms with E-state index in [0.29, 0.717) is 11.3 Å². The first-order valence-electron chi connectivity index (χ1n) is 10.8. The molecular weight excluding hydrogens is 502 g/mol. The molecule has 0 unspecified atom stereocenters. The highest BCUT2D eigenvalue weighted by atomic mass is 32.1. The van der Waals surface area contributed by atoms with Crippen LogP contribution in [0.4, 0.5) is 10.8 Å². The van der Waals surface area contributed by atoms with Crippen molar-refractivity contribution in [2.24, 2.45) is 0 Å². The summed E-state index contributed by atoms with van der Waals surface area (Å²) in [5.41, 5.74) is 0.783. The van der Waals surface area contributed by atoms with E-state index in [9.17, 15) is 29.6 Å². The highest BCUT2D eigenvalue weighted by Crippen LogP contribution is 2.44. The number of benzene rings is 2. The van der Waals surface area contributed by atoms with Gasteiger partial charge < -0.3 is 14.6 Å². The number of non-ortho nitro benzene ring substituents is 1. The zero-order valence-electron chi connectivity index (χ0n) is 20.2. The van der Waals surface area contributed by atoms with Crippen LogP contribution in [0.3, 0.4) is 0 Å². The van der Waals surface area contributed by atoms with Crippen molar-refractivity contribution in [3.05, 3.63) is 85.4 Å². The lowest BCUT2D eigenvalue weighted by molar-refractivity contribution is -0.384. The van der Waals surface area contributed by atoms with Crippen LogP contribution in [0.5, 0.6) is 5.75 Å². The maximum absolute atomic E-state index is 13.3. The number of thiazole rings is 1. The Kier molecular flexibility index (Phi) is 6.77. The number of aryl methyl sites for hydroxylation is 2. The van der Waals surface area contributed by atoms with E-state index in [4.69, 9.17) is 9.47 Å². The second-order valence-corrected chi connectivity index (χ2v) is 9.08. The molecule has 11 nitrogen and oxygen atoms in total. The first-order valence-corrected chi connectivity index (χ1v) is 11.7. The molecule has 1 aliphatic rings. The summed E-state index contributed by atoms with van der Waals surface area (Å²) >= 11 is 0.834. The standard InChI is InChI=1S/C25H21N3O8S/c1-12-10-16(35-3)8-9-17(12)20(29)18-19(14-6-5-7-15(11-14)28(33)34)27(23(31)21(18)30)25-26-13(2)22(37-25)24(32)36-4/h5-11,19,29H,1-4H3/t19-/m1/s1. The summed E-state index contributed by atoms with van der Waals surface area (Å²) in [7, 11) is 2.69. The molecule has 1 aromatic heterocycles. The van der Waals surface area contributed by atoms with E-state index in [1.165, 1.54) is 38.5 Å². The number of carbonyl (C=O) groups is 3. The Morgan fingerprint density at radius 3 is 2.51 bits per heavy atom. The Labute approximate surface area is 214 Å². The second-order valence-electron chi connectivity index (χ2n) is 8.10. The predicted molar refractivity (Wildman–Crippen MR) is 134 cm³/mol. The van der Waals surface area contributed by atoms with Crippen molar-refractivity contribution in [2.75, 3.05) is 19.1 Å². The Morgan fingerprint density at radius 2 is 1.89 bits per heavy atom. The van der Waals surface area contributed by atoms with Gasteiger partial charge in [-0.15, -0.1) is 0 Å². The van der Waals surface area contributed by atoms with Crippen LogP contribution < -0.4 is 9.64 Å². The zero-order valence-corrected chi connectivity index (χ0v) is 21.0. The number of Topliss-reactive ketones (excluding diaryl/α,β-unsaturated/α-hetero) is 1. The smallest absolute Gasteiger partial charge is 0.350 e. The maximum Gasteiger partial charge on any atom is 0.350 e. The van der Waals surface area contributed by atoms with Gasteiger partial charge in [0.2, 0.25) is 0 Å². The summed E-state index contributed by atoms with van der Waals surface area (Å²) in [6, 6.07) is 8.95. The Bertz CT molecular complexity index is 1490. The molecule has 4 rings (SSSR count). The number of ether oxygens (including phenoxy) is 2. The van der Waals surface area contributed by atoms with E-state index in [2.05, 4.69) is 4.98 Å². The van der Waals surface area contributed by atoms with Crippen LogP contribution in [0.25, 0.3) is 5.76 Å². The molecule has 2 aromatic carbocycles. The molecule has 0 saturated carbocycles. The molecule has 37 heavy (non-hydrogen) atoms. The largest absolute Gasteiger partial charge is 0.507 e. The van der Waals surface area contributed by atoms with Crippen LogP contribution in [0.2, 0.25) is 0 Å². The maximum atomic E-state index is 13.3. The lowest BCUT2D eigenvalue weighted by Gasteiger charge is -2.23. The molecule has 2 heterocycles. The van der Waals surface area contributed by atoms with Crippen LogP contribution in [0.1, 0.15) is 38.1 Å². The van der Waals surface area contributed by atoms with Gasteiger partial charge in [0.25, 0.3) is 11.5 Å². The Hall–Kier alpha value is -4.58. The van der Waals surface area contributed by atoms with Crippen molar-refractivity contribution < 1.29 is 33.9 Å². The quantitative estimate of drug-likeness (QED) is 0.126. The Balaban J connectivity index is 1.98. The van der Waals surface area contributed by atoms with Gasteiger partial charge in [-0.3, -0.25) is 24.6 Å². The number of amides is 1. The van der Waals surface area contributed by atoms with Crippen molar-refractivity contribution in [3.63, 3.8) is 0 Å². The number of methoxy groups -OCH3 is 2. The third-order valence-corrected chi connectivity index (χ3v) is 7.03. The van der Waals surface area contributed by atoms with Crippen molar-refractivity contribution in [2.45, 2.75) is 19.9 Å². The third kappa shape index (κ3) is 4.42. The lowest BCUT2D eigenvalue weighted by atomic mass is 9.93. The molecule has 0 bridgehead atoms. The zero-order chi connectivity index (χ0) is 27.0. The van der Waals surface area contributed by atoms with Crippen LogP contribution in [-0.4, -0.2) is 46.9 Å². The number of carbonyl (C=O) groups excluding carboxylic acids is 3. The number of nitro benzene ring substituents is 1. The van der Waals surface area contributed by atoms with E-state index in [-0.39, 0.29) is 38.1 Å². The molecule has 190 valence electrons. The van der Waals surface area contributed by atoms with E-state index in [1.54, 1.807) is 32.0 Å². The average molecular weight is 524 g/mol. The van der Waals surface area contributed by atoms with Crippen LogP contribution in [0.15, 0.2) is 48.0 Å². The van der Waals surface area contributed by atoms with Crippen molar-refractivity contribution in [1.29, 1.82) is 0 Å². The molecule has 0 aliphatic carbocycles. The molecule has 3 aromatic rings. The number of aliphatic hydroxyl groups excluding tert-OH is 1. The summed E-state index contributed by atoms with van der Waals surface area (Å²) in [4.78, 5) is 55.2. The molecular formula is C25H21N3O8S. The molecule has 12 heteroatoms. The minimum Gasteiger partial charge on any atom is -0.507 e. The minimum atomic E-state index is -1.25. The number of aromatic nitrogens is 1. The molecule has 0 radical (unpaired) electrons. The summed E-state index contributed by atoms with van der Waals surface area (Å²) in [6.45, 7) is 3.24. The van der Waals surface area contributed by atoms with Gasteiger partial charge in [-0.05, 0) is 43.2 Å². The average Bonchev–Trinajstić information content (AvgIpc) is 3.39. The molecule has 1 fully saturated rings. The van der Waals surface area contributed by atoms with Gasteiger partial charge in [-0.25, -0.2) is 9.78 Å². The number of nitrogens with zero attached hydrogens (tertiary/aromatic N) is 3. The second kappa shape index (κ2) is 9.82. The number of rotatable bonds is 6. The van der Waals surface area contributed by atoms with Crippen LogP contribution >= 0.6 is 11.3 Å². The monoisotopic (exact) mass is 523 g/mol. The fourth-order valence-corrected chi connectivity index (χ4v) is 5.11. The number of anilines is 1. The van der Waals surface area contributed by atoms with Gasteiger partial charge in [-0.2, -0.15) is 0 Å². The van der Waals surface area contributed by atoms with Gasteiger partial charge in [0, 0.05) is 17.7 Å². The fraction of sp³-hybridized carbons (Fsp3) is 0.200. The lowest BCUT2D eigenvalue weighted by Crippen LogP contribution is -2.29. The number of esters is 1. The highest BCUT2D eigenvalue weighted by molar-refractivity contribution is 7.17. The van der Waals surface area contributed by atoms with Crippen LogP contribution in [-0.2, 0) is 14.3 Å². The third-order valence-electron chi connectivity index (χ3n) is 5.89. The van der Waals surface area contributed by atoms with Crippen molar-refractivity contribution in [3.8, 4) is 5.75 Å². The van der Waals surface area contributed by atoms with Gasteiger partial charge in [-0.1, -0.05) is 23.5 Å².